The van der Waals surface area contributed by atoms with Crippen molar-refractivity contribution >= 4 is 11.8 Å². The Labute approximate surface area is 110 Å². The molecular weight excluding hydrogens is 244 g/mol. The Kier molecular flexibility index (Phi) is 4.72. The second-order valence-corrected chi connectivity index (χ2v) is 4.46. The Morgan fingerprint density at radius 1 is 1.22 bits per heavy atom. The molecule has 0 saturated carbocycles. The van der Waals surface area contributed by atoms with Crippen molar-refractivity contribution in [3.05, 3.63) is 54.6 Å². The first-order chi connectivity index (χ1) is 8.92. The molecule has 0 saturated heterocycles. The fourth-order valence-electron chi connectivity index (χ4n) is 1.37. The maximum Gasteiger partial charge on any atom is 0.214 e. The lowest BCUT2D eigenvalue weighted by Gasteiger charge is -2.01. The molecule has 0 aliphatic carbocycles. The average molecular weight is 258 g/mol. The standard InChI is InChI=1S/C13H14N4S/c1-2-3-4-8-11-18-13-14-15-16-17(13)12-9-6-5-7-10-12/h2-10H,11H2,1H3/b3-2+,8-4+. The molecule has 0 aliphatic heterocycles. The highest BCUT2D eigenvalue weighted by molar-refractivity contribution is 7.99. The van der Waals surface area contributed by atoms with Gasteiger partial charge in [0.15, 0.2) is 0 Å². The highest BCUT2D eigenvalue weighted by Crippen LogP contribution is 2.17. The van der Waals surface area contributed by atoms with Crippen LogP contribution in [0, 0.1) is 0 Å². The van der Waals surface area contributed by atoms with Crippen LogP contribution in [-0.4, -0.2) is 26.0 Å². The monoisotopic (exact) mass is 258 g/mol. The first kappa shape index (κ1) is 12.6. The first-order valence-electron chi connectivity index (χ1n) is 5.66. The van der Waals surface area contributed by atoms with E-state index >= 15 is 0 Å². The van der Waals surface area contributed by atoms with Gasteiger partial charge in [-0.2, -0.15) is 4.68 Å². The van der Waals surface area contributed by atoms with Gasteiger partial charge in [-0.05, 0) is 29.5 Å². The van der Waals surface area contributed by atoms with Gasteiger partial charge in [-0.15, -0.1) is 5.10 Å². The van der Waals surface area contributed by atoms with Crippen molar-refractivity contribution < 1.29 is 0 Å². The number of para-hydroxylation sites is 1. The smallest absolute Gasteiger partial charge is 0.188 e. The molecule has 0 spiro atoms. The molecule has 2 rings (SSSR count). The molecule has 92 valence electrons. The Balaban J connectivity index is 2.05. The van der Waals surface area contributed by atoms with E-state index < -0.39 is 0 Å². The number of thioether (sulfide) groups is 1. The molecule has 0 N–H and O–H groups in total. The van der Waals surface area contributed by atoms with Gasteiger partial charge < -0.3 is 0 Å². The number of aromatic nitrogens is 4. The molecule has 0 radical (unpaired) electrons. The Morgan fingerprint density at radius 2 is 2.06 bits per heavy atom. The number of rotatable bonds is 5. The van der Waals surface area contributed by atoms with Crippen molar-refractivity contribution in [2.75, 3.05) is 5.75 Å². The van der Waals surface area contributed by atoms with E-state index in [1.54, 1.807) is 16.4 Å². The SMILES string of the molecule is C/C=C/C=C/CSc1nnnn1-c1ccccc1. The summed E-state index contributed by atoms with van der Waals surface area (Å²) in [4.78, 5) is 0. The molecule has 5 heteroatoms. The van der Waals surface area contributed by atoms with Crippen LogP contribution in [0.2, 0.25) is 0 Å². The third-order valence-electron chi connectivity index (χ3n) is 2.19. The lowest BCUT2D eigenvalue weighted by Crippen LogP contribution is -1.98. The Hall–Kier alpha value is -1.88. The van der Waals surface area contributed by atoms with Gasteiger partial charge in [0.2, 0.25) is 5.16 Å². The fraction of sp³-hybridized carbons (Fsp3) is 0.154. The van der Waals surface area contributed by atoms with Gasteiger partial charge in [-0.3, -0.25) is 0 Å². The summed E-state index contributed by atoms with van der Waals surface area (Å²) in [6, 6.07) is 9.88. The van der Waals surface area contributed by atoms with E-state index in [1.807, 2.05) is 55.5 Å². The van der Waals surface area contributed by atoms with Crippen LogP contribution in [0.25, 0.3) is 5.69 Å². The number of allylic oxidation sites excluding steroid dienone is 3. The van der Waals surface area contributed by atoms with Crippen LogP contribution in [0.5, 0.6) is 0 Å². The Morgan fingerprint density at radius 3 is 2.83 bits per heavy atom. The normalized spacial score (nSPS) is 11.6. The number of benzene rings is 1. The summed E-state index contributed by atoms with van der Waals surface area (Å²) in [5, 5.41) is 12.5. The minimum absolute atomic E-state index is 0.798. The molecule has 18 heavy (non-hydrogen) atoms. The van der Waals surface area contributed by atoms with Crippen molar-refractivity contribution in [3.8, 4) is 5.69 Å². The molecule has 0 aliphatic rings. The molecular formula is C13H14N4S. The number of nitrogens with zero attached hydrogens (tertiary/aromatic N) is 4. The van der Waals surface area contributed by atoms with Crippen molar-refractivity contribution in [2.24, 2.45) is 0 Å². The molecule has 1 heterocycles. The van der Waals surface area contributed by atoms with Crippen molar-refractivity contribution in [2.45, 2.75) is 12.1 Å². The zero-order valence-electron chi connectivity index (χ0n) is 10.1. The number of tetrazole rings is 1. The number of hydrogen-bond acceptors (Lipinski definition) is 4. The summed E-state index contributed by atoms with van der Waals surface area (Å²) in [6.45, 7) is 1.99. The topological polar surface area (TPSA) is 43.6 Å². The van der Waals surface area contributed by atoms with Gasteiger partial charge in [-0.25, -0.2) is 0 Å². The largest absolute Gasteiger partial charge is 0.214 e. The highest BCUT2D eigenvalue weighted by Gasteiger charge is 2.06. The lowest BCUT2D eigenvalue weighted by molar-refractivity contribution is 0.757. The van der Waals surface area contributed by atoms with Crippen LogP contribution in [0.15, 0.2) is 59.8 Å². The predicted octanol–water partition coefficient (Wildman–Crippen LogP) is 2.89. The molecule has 2 aromatic rings. The quantitative estimate of drug-likeness (QED) is 0.611. The van der Waals surface area contributed by atoms with Gasteiger partial charge in [0, 0.05) is 5.75 Å². The fourth-order valence-corrected chi connectivity index (χ4v) is 2.08. The summed E-state index contributed by atoms with van der Waals surface area (Å²) in [7, 11) is 0. The average Bonchev–Trinajstić information content (AvgIpc) is 2.88. The van der Waals surface area contributed by atoms with E-state index in [-0.39, 0.29) is 0 Å². The second kappa shape index (κ2) is 6.76. The minimum Gasteiger partial charge on any atom is -0.188 e. The van der Waals surface area contributed by atoms with Gasteiger partial charge in [-0.1, -0.05) is 54.3 Å². The van der Waals surface area contributed by atoms with Crippen molar-refractivity contribution in [1.82, 2.24) is 20.2 Å². The maximum absolute atomic E-state index is 4.02. The zero-order valence-corrected chi connectivity index (χ0v) is 10.9. The molecule has 0 unspecified atom stereocenters. The molecule has 0 atom stereocenters. The van der Waals surface area contributed by atoms with Gasteiger partial charge in [0.25, 0.3) is 0 Å². The summed E-state index contributed by atoms with van der Waals surface area (Å²) in [6.07, 6.45) is 8.09. The Bertz CT molecular complexity index is 531. The first-order valence-corrected chi connectivity index (χ1v) is 6.65. The van der Waals surface area contributed by atoms with Crippen LogP contribution in [0.3, 0.4) is 0 Å². The van der Waals surface area contributed by atoms with Crippen molar-refractivity contribution in [1.29, 1.82) is 0 Å². The molecule has 4 nitrogen and oxygen atoms in total. The lowest BCUT2D eigenvalue weighted by atomic mass is 10.3. The molecule has 0 bridgehead atoms. The second-order valence-electron chi connectivity index (χ2n) is 3.47. The van der Waals surface area contributed by atoms with Crippen LogP contribution in [0.4, 0.5) is 0 Å². The van der Waals surface area contributed by atoms with Crippen LogP contribution in [-0.2, 0) is 0 Å². The van der Waals surface area contributed by atoms with E-state index in [1.165, 1.54) is 0 Å². The third-order valence-corrected chi connectivity index (χ3v) is 3.06. The maximum atomic E-state index is 4.02. The van der Waals surface area contributed by atoms with E-state index in [0.717, 1.165) is 16.6 Å². The summed E-state index contributed by atoms with van der Waals surface area (Å²) in [5.74, 6) is 0.845. The zero-order chi connectivity index (χ0) is 12.6. The third kappa shape index (κ3) is 3.30. The van der Waals surface area contributed by atoms with Gasteiger partial charge >= 0.3 is 0 Å². The van der Waals surface area contributed by atoms with E-state index in [9.17, 15) is 0 Å². The molecule has 1 aromatic heterocycles. The minimum atomic E-state index is 0.798. The predicted molar refractivity (Wildman–Crippen MR) is 73.8 cm³/mol. The van der Waals surface area contributed by atoms with Crippen molar-refractivity contribution in [3.63, 3.8) is 0 Å². The van der Waals surface area contributed by atoms with Gasteiger partial charge in [0.1, 0.15) is 0 Å². The van der Waals surface area contributed by atoms with Crippen LogP contribution < -0.4 is 0 Å². The summed E-state index contributed by atoms with van der Waals surface area (Å²) < 4.78 is 1.74. The van der Waals surface area contributed by atoms with Gasteiger partial charge in [0.05, 0.1) is 5.69 Å². The molecule has 0 amide bonds. The van der Waals surface area contributed by atoms with E-state index in [2.05, 4.69) is 21.6 Å². The molecule has 1 aromatic carbocycles. The number of hydrogen-bond donors (Lipinski definition) is 0. The van der Waals surface area contributed by atoms with Crippen LogP contribution in [0.1, 0.15) is 6.92 Å². The van der Waals surface area contributed by atoms with E-state index in [0.29, 0.717) is 0 Å². The van der Waals surface area contributed by atoms with Crippen LogP contribution >= 0.6 is 11.8 Å². The summed E-state index contributed by atoms with van der Waals surface area (Å²) in [5.41, 5.74) is 0.974. The van der Waals surface area contributed by atoms with E-state index in [4.69, 9.17) is 0 Å². The summed E-state index contributed by atoms with van der Waals surface area (Å²) >= 11 is 1.61. The highest BCUT2D eigenvalue weighted by atomic mass is 32.2. The molecule has 0 fully saturated rings.